The largest absolute Gasteiger partial charge is 0.507 e. The van der Waals surface area contributed by atoms with Gasteiger partial charge in [0.15, 0.2) is 0 Å². The summed E-state index contributed by atoms with van der Waals surface area (Å²) in [5, 5.41) is 17.9. The van der Waals surface area contributed by atoms with Crippen LogP contribution in [0.3, 0.4) is 0 Å². The lowest BCUT2D eigenvalue weighted by molar-refractivity contribution is 0.0700. The summed E-state index contributed by atoms with van der Waals surface area (Å²) in [5.41, 5.74) is 0.650. The van der Waals surface area contributed by atoms with Gasteiger partial charge in [-0.05, 0) is 13.8 Å². The third-order valence-electron chi connectivity index (χ3n) is 2.10. The Labute approximate surface area is 85.7 Å². The molecule has 0 saturated heterocycles. The summed E-state index contributed by atoms with van der Waals surface area (Å²) in [6.45, 7) is 3.68. The molecule has 1 rings (SSSR count). The summed E-state index contributed by atoms with van der Waals surface area (Å²) in [5.74, 6) is -1.42. The Hall–Kier alpha value is -1.82. The Morgan fingerprint density at radius 3 is 2.67 bits per heavy atom. The molecule has 0 radical (unpaired) electrons. The minimum Gasteiger partial charge on any atom is -0.507 e. The molecule has 1 aromatic heterocycles. The molecular formula is C9H12N2O4. The minimum absolute atomic E-state index is 0.381. The molecule has 0 aromatic carbocycles. The van der Waals surface area contributed by atoms with E-state index in [1.807, 2.05) is 0 Å². The lowest BCUT2D eigenvalue weighted by Gasteiger charge is -2.09. The van der Waals surface area contributed by atoms with Gasteiger partial charge in [0.2, 0.25) is 0 Å². The zero-order valence-electron chi connectivity index (χ0n) is 8.44. The van der Waals surface area contributed by atoms with Gasteiger partial charge in [-0.15, -0.1) is 0 Å². The van der Waals surface area contributed by atoms with Crippen molar-refractivity contribution in [1.29, 1.82) is 0 Å². The van der Waals surface area contributed by atoms with Crippen LogP contribution < -0.4 is 11.0 Å². The predicted molar refractivity (Wildman–Crippen MR) is 52.0 cm³/mol. The van der Waals surface area contributed by atoms with Crippen LogP contribution in [0.4, 0.5) is 0 Å². The SMILES string of the molecule is CCn1cc(C)c(O)c(C(=O)NO)c1=O. The van der Waals surface area contributed by atoms with E-state index in [2.05, 4.69) is 0 Å². The van der Waals surface area contributed by atoms with Crippen molar-refractivity contribution < 1.29 is 15.1 Å². The van der Waals surface area contributed by atoms with Gasteiger partial charge < -0.3 is 9.67 Å². The predicted octanol–water partition coefficient (Wildman–Crippen LogP) is 0.00122. The lowest BCUT2D eigenvalue weighted by Crippen LogP contribution is -2.31. The van der Waals surface area contributed by atoms with Crippen LogP contribution in [0, 0.1) is 6.92 Å². The van der Waals surface area contributed by atoms with E-state index >= 15 is 0 Å². The maximum Gasteiger partial charge on any atom is 0.284 e. The fourth-order valence-electron chi connectivity index (χ4n) is 1.29. The molecule has 0 aliphatic rings. The molecule has 0 fully saturated rings. The Morgan fingerprint density at radius 2 is 2.20 bits per heavy atom. The fourth-order valence-corrected chi connectivity index (χ4v) is 1.29. The Bertz CT molecular complexity index is 450. The number of aryl methyl sites for hydroxylation is 2. The summed E-state index contributed by atoms with van der Waals surface area (Å²) in [7, 11) is 0. The molecule has 0 spiro atoms. The molecule has 15 heavy (non-hydrogen) atoms. The van der Waals surface area contributed by atoms with E-state index in [9.17, 15) is 14.7 Å². The lowest BCUT2D eigenvalue weighted by atomic mass is 10.1. The maximum absolute atomic E-state index is 11.6. The number of carbonyl (C=O) groups excluding carboxylic acids is 1. The zero-order valence-corrected chi connectivity index (χ0v) is 8.44. The van der Waals surface area contributed by atoms with Crippen LogP contribution in [0.5, 0.6) is 5.75 Å². The van der Waals surface area contributed by atoms with Crippen molar-refractivity contribution in [2.45, 2.75) is 20.4 Å². The topological polar surface area (TPSA) is 91.6 Å². The standard InChI is InChI=1S/C9H12N2O4/c1-3-11-4-5(2)7(12)6(9(11)14)8(13)10-15/h4,12,15H,3H2,1-2H3,(H,10,13). The zero-order chi connectivity index (χ0) is 11.6. The average molecular weight is 212 g/mol. The van der Waals surface area contributed by atoms with E-state index in [0.717, 1.165) is 0 Å². The molecule has 82 valence electrons. The summed E-state index contributed by atoms with van der Waals surface area (Å²) >= 11 is 0. The highest BCUT2D eigenvalue weighted by Gasteiger charge is 2.18. The fraction of sp³-hybridized carbons (Fsp3) is 0.333. The molecule has 0 atom stereocenters. The van der Waals surface area contributed by atoms with Gasteiger partial charge in [0.25, 0.3) is 11.5 Å². The van der Waals surface area contributed by atoms with Crippen LogP contribution in [0.1, 0.15) is 22.8 Å². The van der Waals surface area contributed by atoms with Crippen LogP contribution >= 0.6 is 0 Å². The van der Waals surface area contributed by atoms with Crippen LogP contribution in [0.2, 0.25) is 0 Å². The van der Waals surface area contributed by atoms with Crippen LogP contribution in [-0.4, -0.2) is 20.8 Å². The second-order valence-electron chi connectivity index (χ2n) is 3.07. The minimum atomic E-state index is -1.01. The first-order valence-corrected chi connectivity index (χ1v) is 4.40. The van der Waals surface area contributed by atoms with Gasteiger partial charge in [-0.2, -0.15) is 0 Å². The number of aromatic nitrogens is 1. The van der Waals surface area contributed by atoms with Crippen LogP contribution in [0.25, 0.3) is 0 Å². The number of carbonyl (C=O) groups is 1. The summed E-state index contributed by atoms with van der Waals surface area (Å²) in [4.78, 5) is 22.7. The van der Waals surface area contributed by atoms with Gasteiger partial charge in [-0.25, -0.2) is 5.48 Å². The second kappa shape index (κ2) is 4.14. The first kappa shape index (κ1) is 11.3. The number of rotatable bonds is 2. The molecule has 0 aliphatic carbocycles. The van der Waals surface area contributed by atoms with E-state index in [1.165, 1.54) is 16.2 Å². The van der Waals surface area contributed by atoms with Crippen molar-refractivity contribution >= 4 is 5.91 Å². The highest BCUT2D eigenvalue weighted by molar-refractivity contribution is 5.95. The molecule has 6 heteroatoms. The number of hydroxylamine groups is 1. The highest BCUT2D eigenvalue weighted by Crippen LogP contribution is 2.17. The molecule has 0 saturated carbocycles. The van der Waals surface area contributed by atoms with Crippen molar-refractivity contribution in [2.24, 2.45) is 0 Å². The van der Waals surface area contributed by atoms with Gasteiger partial charge in [0, 0.05) is 18.3 Å². The third-order valence-corrected chi connectivity index (χ3v) is 2.10. The molecule has 1 aromatic rings. The third kappa shape index (κ3) is 1.84. The Morgan fingerprint density at radius 1 is 1.60 bits per heavy atom. The molecule has 0 unspecified atom stereocenters. The number of hydrogen-bond donors (Lipinski definition) is 3. The summed E-state index contributed by atoms with van der Waals surface area (Å²) in [6, 6.07) is 0. The van der Waals surface area contributed by atoms with E-state index in [0.29, 0.717) is 12.1 Å². The number of nitrogens with zero attached hydrogens (tertiary/aromatic N) is 1. The molecular weight excluding hydrogens is 200 g/mol. The Kier molecular flexibility index (Phi) is 3.11. The van der Waals surface area contributed by atoms with Crippen molar-refractivity contribution in [3.8, 4) is 5.75 Å². The molecule has 0 bridgehead atoms. The normalized spacial score (nSPS) is 10.1. The van der Waals surface area contributed by atoms with E-state index in [4.69, 9.17) is 5.21 Å². The number of aromatic hydroxyl groups is 1. The van der Waals surface area contributed by atoms with Crippen LogP contribution in [0.15, 0.2) is 11.0 Å². The quantitative estimate of drug-likeness (QED) is 0.475. The maximum atomic E-state index is 11.6. The highest BCUT2D eigenvalue weighted by atomic mass is 16.5. The number of hydrogen-bond acceptors (Lipinski definition) is 4. The van der Waals surface area contributed by atoms with Crippen molar-refractivity contribution in [3.63, 3.8) is 0 Å². The number of nitrogens with one attached hydrogen (secondary N) is 1. The van der Waals surface area contributed by atoms with Gasteiger partial charge >= 0.3 is 0 Å². The molecule has 1 amide bonds. The van der Waals surface area contributed by atoms with E-state index in [1.54, 1.807) is 13.8 Å². The van der Waals surface area contributed by atoms with Gasteiger partial charge in [-0.1, -0.05) is 0 Å². The first-order chi connectivity index (χ1) is 7.02. The van der Waals surface area contributed by atoms with Crippen molar-refractivity contribution in [2.75, 3.05) is 0 Å². The van der Waals surface area contributed by atoms with E-state index < -0.39 is 22.8 Å². The van der Waals surface area contributed by atoms with Gasteiger partial charge in [-0.3, -0.25) is 14.8 Å². The molecule has 3 N–H and O–H groups in total. The molecule has 1 heterocycles. The van der Waals surface area contributed by atoms with Gasteiger partial charge in [0.1, 0.15) is 11.3 Å². The van der Waals surface area contributed by atoms with Crippen LogP contribution in [-0.2, 0) is 6.54 Å². The number of amides is 1. The molecule has 0 aliphatic heterocycles. The Balaban J connectivity index is 3.55. The average Bonchev–Trinajstić information content (AvgIpc) is 2.23. The van der Waals surface area contributed by atoms with Gasteiger partial charge in [0.05, 0.1) is 0 Å². The van der Waals surface area contributed by atoms with E-state index in [-0.39, 0.29) is 0 Å². The monoisotopic (exact) mass is 212 g/mol. The molecule has 6 nitrogen and oxygen atoms in total. The second-order valence-corrected chi connectivity index (χ2v) is 3.07. The van der Waals surface area contributed by atoms with Crippen molar-refractivity contribution in [1.82, 2.24) is 10.0 Å². The number of pyridine rings is 1. The smallest absolute Gasteiger partial charge is 0.284 e. The van der Waals surface area contributed by atoms with Crippen molar-refractivity contribution in [3.05, 3.63) is 27.7 Å². The first-order valence-electron chi connectivity index (χ1n) is 4.40. The summed E-state index contributed by atoms with van der Waals surface area (Å²) < 4.78 is 1.28. The summed E-state index contributed by atoms with van der Waals surface area (Å²) in [6.07, 6.45) is 1.45.